The number of nitrogens with one attached hydrogen (secondary N) is 2. The van der Waals surface area contributed by atoms with Gasteiger partial charge in [0.05, 0.1) is 34.0 Å². The standard InChI is InChI=1S/C21H23FN4O4S/c1-12(11-30-4)26-31(28,29)17-7-5-16(6-8-17)25-21(27)18-9-15(22)10-19-20(18)24-14(3)13(2)23-19/h5-10,12,26H,11H2,1-4H3,(H,25,27). The van der Waals surface area contributed by atoms with Crippen LogP contribution in [-0.4, -0.2) is 44.1 Å². The van der Waals surface area contributed by atoms with Crippen LogP contribution in [0.3, 0.4) is 0 Å². The van der Waals surface area contributed by atoms with Crippen molar-refractivity contribution in [2.75, 3.05) is 19.0 Å². The molecule has 0 radical (unpaired) electrons. The minimum Gasteiger partial charge on any atom is -0.383 e. The van der Waals surface area contributed by atoms with E-state index in [4.69, 9.17) is 4.74 Å². The molecule has 1 aromatic heterocycles. The Morgan fingerprint density at radius 2 is 1.77 bits per heavy atom. The maximum atomic E-state index is 14.0. The fraction of sp³-hybridized carbons (Fsp3) is 0.286. The van der Waals surface area contributed by atoms with Crippen molar-refractivity contribution in [1.82, 2.24) is 14.7 Å². The van der Waals surface area contributed by atoms with Gasteiger partial charge in [-0.1, -0.05) is 0 Å². The van der Waals surface area contributed by atoms with Gasteiger partial charge in [-0.15, -0.1) is 0 Å². The van der Waals surface area contributed by atoms with E-state index in [9.17, 15) is 17.6 Å². The fourth-order valence-electron chi connectivity index (χ4n) is 3.00. The average molecular weight is 447 g/mol. The van der Waals surface area contributed by atoms with Crippen molar-refractivity contribution in [3.8, 4) is 0 Å². The molecule has 0 aliphatic rings. The Hall–Kier alpha value is -2.95. The smallest absolute Gasteiger partial charge is 0.258 e. The van der Waals surface area contributed by atoms with Crippen molar-refractivity contribution in [3.05, 3.63) is 59.2 Å². The van der Waals surface area contributed by atoms with Crippen LogP contribution in [0.4, 0.5) is 10.1 Å². The van der Waals surface area contributed by atoms with Gasteiger partial charge in [0.15, 0.2) is 0 Å². The molecule has 1 heterocycles. The summed E-state index contributed by atoms with van der Waals surface area (Å²) in [5.41, 5.74) is 2.25. The number of hydrogen-bond donors (Lipinski definition) is 2. The summed E-state index contributed by atoms with van der Waals surface area (Å²) in [7, 11) is -2.25. The third kappa shape index (κ3) is 5.22. The maximum absolute atomic E-state index is 14.0. The predicted molar refractivity (Wildman–Crippen MR) is 115 cm³/mol. The Bertz CT molecular complexity index is 1230. The molecule has 0 saturated carbocycles. The number of anilines is 1. The Labute approximate surface area is 179 Å². The average Bonchev–Trinajstić information content (AvgIpc) is 2.69. The number of hydrogen-bond acceptors (Lipinski definition) is 6. The quantitative estimate of drug-likeness (QED) is 0.577. The first-order chi connectivity index (χ1) is 14.6. The minimum absolute atomic E-state index is 0.0392. The molecule has 0 spiro atoms. The van der Waals surface area contributed by atoms with E-state index in [1.807, 2.05) is 0 Å². The van der Waals surface area contributed by atoms with Gasteiger partial charge >= 0.3 is 0 Å². The zero-order valence-corrected chi connectivity index (χ0v) is 18.4. The van der Waals surface area contributed by atoms with Crippen LogP contribution in [0.25, 0.3) is 11.0 Å². The summed E-state index contributed by atoms with van der Waals surface area (Å²) >= 11 is 0. The molecule has 10 heteroatoms. The van der Waals surface area contributed by atoms with Gasteiger partial charge in [-0.05, 0) is 51.1 Å². The summed E-state index contributed by atoms with van der Waals surface area (Å²) in [5.74, 6) is -1.18. The Morgan fingerprint density at radius 3 is 2.42 bits per heavy atom. The van der Waals surface area contributed by atoms with Gasteiger partial charge in [0.2, 0.25) is 10.0 Å². The summed E-state index contributed by atoms with van der Waals surface area (Å²) in [5, 5.41) is 2.64. The van der Waals surface area contributed by atoms with E-state index in [0.29, 0.717) is 17.1 Å². The van der Waals surface area contributed by atoms with Gasteiger partial charge in [0, 0.05) is 24.9 Å². The summed E-state index contributed by atoms with van der Waals surface area (Å²) in [6.07, 6.45) is 0. The van der Waals surface area contributed by atoms with Gasteiger partial charge in [-0.2, -0.15) is 0 Å². The Kier molecular flexibility index (Phi) is 6.63. The lowest BCUT2D eigenvalue weighted by Crippen LogP contribution is -2.35. The lowest BCUT2D eigenvalue weighted by atomic mass is 10.1. The van der Waals surface area contributed by atoms with E-state index in [0.717, 1.165) is 6.07 Å². The normalized spacial score (nSPS) is 12.7. The van der Waals surface area contributed by atoms with Crippen molar-refractivity contribution in [2.45, 2.75) is 31.7 Å². The summed E-state index contributed by atoms with van der Waals surface area (Å²) in [4.78, 5) is 21.5. The molecule has 1 amide bonds. The number of rotatable bonds is 7. The molecule has 3 rings (SSSR count). The summed E-state index contributed by atoms with van der Waals surface area (Å²) < 4.78 is 46.3. The Balaban J connectivity index is 1.84. The van der Waals surface area contributed by atoms with Crippen LogP contribution in [0.1, 0.15) is 28.7 Å². The molecule has 1 atom stereocenters. The minimum atomic E-state index is -3.73. The second-order valence-electron chi connectivity index (χ2n) is 7.17. The number of ether oxygens (including phenoxy) is 1. The lowest BCUT2D eigenvalue weighted by Gasteiger charge is -2.14. The highest BCUT2D eigenvalue weighted by atomic mass is 32.2. The number of aromatic nitrogens is 2. The molecule has 164 valence electrons. The number of aryl methyl sites for hydroxylation is 2. The molecule has 8 nitrogen and oxygen atoms in total. The van der Waals surface area contributed by atoms with Gasteiger partial charge < -0.3 is 10.1 Å². The van der Waals surface area contributed by atoms with Crippen molar-refractivity contribution in [1.29, 1.82) is 0 Å². The van der Waals surface area contributed by atoms with E-state index < -0.39 is 27.8 Å². The van der Waals surface area contributed by atoms with E-state index in [-0.39, 0.29) is 28.1 Å². The zero-order valence-electron chi connectivity index (χ0n) is 17.6. The van der Waals surface area contributed by atoms with Crippen LogP contribution in [0.5, 0.6) is 0 Å². The molecule has 1 unspecified atom stereocenters. The van der Waals surface area contributed by atoms with Gasteiger partial charge in [0.1, 0.15) is 11.3 Å². The van der Waals surface area contributed by atoms with Gasteiger partial charge in [0.25, 0.3) is 5.91 Å². The largest absolute Gasteiger partial charge is 0.383 e. The number of carbonyl (C=O) groups excluding carboxylic acids is 1. The van der Waals surface area contributed by atoms with E-state index in [1.54, 1.807) is 20.8 Å². The molecule has 0 aliphatic heterocycles. The number of benzene rings is 2. The number of halogens is 1. The number of amides is 1. The zero-order chi connectivity index (χ0) is 22.8. The number of fused-ring (bicyclic) bond motifs is 1. The van der Waals surface area contributed by atoms with Crippen LogP contribution in [0.2, 0.25) is 0 Å². The second-order valence-corrected chi connectivity index (χ2v) is 8.89. The monoisotopic (exact) mass is 446 g/mol. The molecule has 0 bridgehead atoms. The molecule has 3 aromatic rings. The van der Waals surface area contributed by atoms with Gasteiger partial charge in [-0.25, -0.2) is 27.5 Å². The molecule has 2 N–H and O–H groups in total. The van der Waals surface area contributed by atoms with Gasteiger partial charge in [-0.3, -0.25) is 4.79 Å². The molecule has 0 fully saturated rings. The highest BCUT2D eigenvalue weighted by Gasteiger charge is 2.19. The van der Waals surface area contributed by atoms with Crippen LogP contribution in [0, 0.1) is 19.7 Å². The highest BCUT2D eigenvalue weighted by Crippen LogP contribution is 2.21. The maximum Gasteiger partial charge on any atom is 0.258 e. The molecular formula is C21H23FN4O4S. The number of nitrogens with zero attached hydrogens (tertiary/aromatic N) is 2. The van der Waals surface area contributed by atoms with Crippen molar-refractivity contribution in [2.24, 2.45) is 0 Å². The number of methoxy groups -OCH3 is 1. The third-order valence-electron chi connectivity index (χ3n) is 4.59. The van der Waals surface area contributed by atoms with Crippen molar-refractivity contribution in [3.63, 3.8) is 0 Å². The molecule has 2 aromatic carbocycles. The van der Waals surface area contributed by atoms with E-state index in [1.165, 1.54) is 37.4 Å². The van der Waals surface area contributed by atoms with Crippen LogP contribution in [0.15, 0.2) is 41.3 Å². The van der Waals surface area contributed by atoms with Crippen LogP contribution < -0.4 is 10.0 Å². The van der Waals surface area contributed by atoms with E-state index >= 15 is 0 Å². The first-order valence-corrected chi connectivity index (χ1v) is 11.0. The topological polar surface area (TPSA) is 110 Å². The SMILES string of the molecule is COCC(C)NS(=O)(=O)c1ccc(NC(=O)c2cc(F)cc3nc(C)c(C)nc23)cc1. The van der Waals surface area contributed by atoms with Crippen molar-refractivity contribution < 1.29 is 22.3 Å². The summed E-state index contributed by atoms with van der Waals surface area (Å²) in [6, 6.07) is 7.57. The fourth-order valence-corrected chi connectivity index (χ4v) is 4.23. The molecule has 0 saturated heterocycles. The predicted octanol–water partition coefficient (Wildman–Crippen LogP) is 2.95. The first-order valence-electron chi connectivity index (χ1n) is 9.48. The number of carbonyl (C=O) groups is 1. The summed E-state index contributed by atoms with van der Waals surface area (Å²) in [6.45, 7) is 5.43. The number of sulfonamides is 1. The van der Waals surface area contributed by atoms with Crippen LogP contribution in [-0.2, 0) is 14.8 Å². The van der Waals surface area contributed by atoms with E-state index in [2.05, 4.69) is 20.0 Å². The van der Waals surface area contributed by atoms with Crippen LogP contribution >= 0.6 is 0 Å². The van der Waals surface area contributed by atoms with Crippen molar-refractivity contribution >= 4 is 32.7 Å². The third-order valence-corrected chi connectivity index (χ3v) is 6.19. The second kappa shape index (κ2) is 9.04. The first kappa shape index (κ1) is 22.7. The Morgan fingerprint density at radius 1 is 1.13 bits per heavy atom. The molecule has 0 aliphatic carbocycles. The lowest BCUT2D eigenvalue weighted by molar-refractivity contribution is 0.102. The highest BCUT2D eigenvalue weighted by molar-refractivity contribution is 7.89. The molecule has 31 heavy (non-hydrogen) atoms. The molecular weight excluding hydrogens is 423 g/mol.